The van der Waals surface area contributed by atoms with E-state index in [-0.39, 0.29) is 13.1 Å². The molecular formula is C39H39NO5S. The maximum absolute atomic E-state index is 13.6. The van der Waals surface area contributed by atoms with Crippen LogP contribution in [0, 0.1) is 13.8 Å². The Balaban J connectivity index is 1.27. The molecule has 0 bridgehead atoms. The fourth-order valence-electron chi connectivity index (χ4n) is 5.28. The highest BCUT2D eigenvalue weighted by molar-refractivity contribution is 7.92. The number of hydrogen-bond acceptors (Lipinski definition) is 5. The maximum atomic E-state index is 13.6. The van der Waals surface area contributed by atoms with Crippen molar-refractivity contribution in [3.63, 3.8) is 0 Å². The molecule has 0 aliphatic heterocycles. The summed E-state index contributed by atoms with van der Waals surface area (Å²) in [5.41, 5.74) is 8.44. The average Bonchev–Trinajstić information content (AvgIpc) is 3.07. The monoisotopic (exact) mass is 633 g/mol. The topological polar surface area (TPSA) is 65.1 Å². The maximum Gasteiger partial charge on any atom is 0.236 e. The van der Waals surface area contributed by atoms with Gasteiger partial charge in [0, 0.05) is 18.5 Å². The van der Waals surface area contributed by atoms with Gasteiger partial charge in [0.1, 0.15) is 23.9 Å². The lowest BCUT2D eigenvalue weighted by Crippen LogP contribution is -2.28. The van der Waals surface area contributed by atoms with Gasteiger partial charge < -0.3 is 14.2 Å². The summed E-state index contributed by atoms with van der Waals surface area (Å²) in [5, 5.41) is 1.26. The van der Waals surface area contributed by atoms with E-state index < -0.39 is 10.0 Å². The molecule has 0 saturated carbocycles. The van der Waals surface area contributed by atoms with Gasteiger partial charge in [-0.3, -0.25) is 0 Å². The Labute approximate surface area is 272 Å². The Morgan fingerprint density at radius 3 is 1.70 bits per heavy atom. The van der Waals surface area contributed by atoms with Gasteiger partial charge in [-0.1, -0.05) is 72.8 Å². The van der Waals surface area contributed by atoms with Gasteiger partial charge in [-0.05, 0) is 107 Å². The number of sulfonamides is 1. The third-order valence-corrected chi connectivity index (χ3v) is 9.27. The highest BCUT2D eigenvalue weighted by Gasteiger charge is 2.20. The second kappa shape index (κ2) is 15.0. The minimum absolute atomic E-state index is 0.208. The van der Waals surface area contributed by atoms with Crippen molar-refractivity contribution in [1.82, 2.24) is 4.31 Å². The lowest BCUT2D eigenvalue weighted by molar-refractivity contribution is 0.306. The Morgan fingerprint density at radius 1 is 0.630 bits per heavy atom. The first-order valence-electron chi connectivity index (χ1n) is 15.1. The van der Waals surface area contributed by atoms with Crippen LogP contribution in [0.3, 0.4) is 0 Å². The summed E-state index contributed by atoms with van der Waals surface area (Å²) in [6.07, 6.45) is 1.61. The zero-order valence-corrected chi connectivity index (χ0v) is 27.5. The minimum Gasteiger partial charge on any atom is -0.497 e. The van der Waals surface area contributed by atoms with Crippen LogP contribution in [0.4, 0.5) is 0 Å². The molecule has 0 radical (unpaired) electrons. The third-order valence-electron chi connectivity index (χ3n) is 7.81. The normalized spacial score (nSPS) is 11.6. The molecule has 0 aliphatic rings. The van der Waals surface area contributed by atoms with Crippen LogP contribution in [0.25, 0.3) is 17.2 Å². The van der Waals surface area contributed by atoms with Crippen molar-refractivity contribution in [1.29, 1.82) is 0 Å². The third kappa shape index (κ3) is 8.44. The molecular weight excluding hydrogens is 594 g/mol. The van der Waals surface area contributed by atoms with E-state index in [9.17, 15) is 8.42 Å². The van der Waals surface area contributed by atoms with E-state index in [0.29, 0.717) is 23.9 Å². The molecule has 236 valence electrons. The van der Waals surface area contributed by atoms with E-state index in [4.69, 9.17) is 14.2 Å². The van der Waals surface area contributed by atoms with Crippen molar-refractivity contribution >= 4 is 16.1 Å². The van der Waals surface area contributed by atoms with Gasteiger partial charge in [0.15, 0.2) is 0 Å². The summed E-state index contributed by atoms with van der Waals surface area (Å²) in [4.78, 5) is 0. The van der Waals surface area contributed by atoms with Gasteiger partial charge in [0.05, 0.1) is 14.2 Å². The Hall–Kier alpha value is -4.85. The molecule has 5 aromatic carbocycles. The first-order chi connectivity index (χ1) is 22.2. The predicted octanol–water partition coefficient (Wildman–Crippen LogP) is 8.57. The van der Waals surface area contributed by atoms with E-state index in [0.717, 1.165) is 22.3 Å². The molecule has 0 amide bonds. The number of aryl methyl sites for hydroxylation is 2. The fourth-order valence-corrected chi connectivity index (χ4v) is 6.44. The standard InChI is InChI=1S/C39H39NO5S/c1-29-7-5-8-30(2)39(29)35-10-6-9-34(25-35)28-45-38-21-11-31(12-22-38)23-24-46(41,42)40(26-32-13-17-36(43-3)18-14-32)27-33-15-19-37(44-4)20-16-33/h5-25H,26-28H2,1-4H3/b24-23+. The predicted molar refractivity (Wildman–Crippen MR) is 185 cm³/mol. The van der Waals surface area contributed by atoms with Crippen LogP contribution in [-0.4, -0.2) is 26.9 Å². The molecule has 0 fully saturated rings. The van der Waals surface area contributed by atoms with Crippen molar-refractivity contribution in [3.05, 3.63) is 154 Å². The van der Waals surface area contributed by atoms with Gasteiger partial charge in [0.25, 0.3) is 0 Å². The van der Waals surface area contributed by atoms with Crippen LogP contribution in [0.2, 0.25) is 0 Å². The Bertz CT molecular complexity index is 1810. The number of nitrogens with zero attached hydrogens (tertiary/aromatic N) is 1. The molecule has 0 aromatic heterocycles. The molecule has 0 unspecified atom stereocenters. The highest BCUT2D eigenvalue weighted by atomic mass is 32.2. The van der Waals surface area contributed by atoms with Gasteiger partial charge in [-0.15, -0.1) is 0 Å². The lowest BCUT2D eigenvalue weighted by atomic mass is 9.95. The number of benzene rings is 5. The zero-order chi connectivity index (χ0) is 32.5. The fraction of sp³-hybridized carbons (Fsp3) is 0.179. The number of rotatable bonds is 13. The van der Waals surface area contributed by atoms with E-state index in [1.807, 2.05) is 72.8 Å². The van der Waals surface area contributed by atoms with Crippen molar-refractivity contribution in [2.45, 2.75) is 33.5 Å². The summed E-state index contributed by atoms with van der Waals surface area (Å²) >= 11 is 0. The molecule has 5 rings (SSSR count). The first kappa shape index (κ1) is 32.5. The lowest BCUT2D eigenvalue weighted by Gasteiger charge is -2.21. The van der Waals surface area contributed by atoms with E-state index in [1.54, 1.807) is 20.3 Å². The van der Waals surface area contributed by atoms with Gasteiger partial charge in [-0.2, -0.15) is 4.31 Å². The number of ether oxygens (including phenoxy) is 3. The summed E-state index contributed by atoms with van der Waals surface area (Å²) in [6, 6.07) is 37.0. The summed E-state index contributed by atoms with van der Waals surface area (Å²) in [6.45, 7) is 5.10. The molecule has 7 heteroatoms. The zero-order valence-electron chi connectivity index (χ0n) is 26.6. The van der Waals surface area contributed by atoms with Crippen LogP contribution in [-0.2, 0) is 29.7 Å². The number of hydrogen-bond donors (Lipinski definition) is 0. The molecule has 6 nitrogen and oxygen atoms in total. The first-order valence-corrected chi connectivity index (χ1v) is 16.6. The van der Waals surface area contributed by atoms with Crippen LogP contribution in [0.1, 0.15) is 33.4 Å². The van der Waals surface area contributed by atoms with Gasteiger partial charge in [-0.25, -0.2) is 8.42 Å². The minimum atomic E-state index is -3.78. The summed E-state index contributed by atoms with van der Waals surface area (Å²) < 4.78 is 45.3. The molecule has 0 saturated heterocycles. The highest BCUT2D eigenvalue weighted by Crippen LogP contribution is 2.28. The van der Waals surface area contributed by atoms with E-state index in [2.05, 4.69) is 56.3 Å². The Morgan fingerprint density at radius 2 is 1.15 bits per heavy atom. The van der Waals surface area contributed by atoms with E-state index >= 15 is 0 Å². The quantitative estimate of drug-likeness (QED) is 0.130. The molecule has 0 heterocycles. The summed E-state index contributed by atoms with van der Waals surface area (Å²) in [7, 11) is -0.574. The Kier molecular flexibility index (Phi) is 10.6. The van der Waals surface area contributed by atoms with Crippen molar-refractivity contribution in [3.8, 4) is 28.4 Å². The second-order valence-electron chi connectivity index (χ2n) is 11.1. The van der Waals surface area contributed by atoms with Crippen molar-refractivity contribution < 1.29 is 22.6 Å². The molecule has 0 spiro atoms. The molecule has 46 heavy (non-hydrogen) atoms. The van der Waals surface area contributed by atoms with Crippen molar-refractivity contribution in [2.24, 2.45) is 0 Å². The summed E-state index contributed by atoms with van der Waals surface area (Å²) in [5.74, 6) is 2.14. The van der Waals surface area contributed by atoms with Crippen LogP contribution >= 0.6 is 0 Å². The van der Waals surface area contributed by atoms with Gasteiger partial charge in [0.2, 0.25) is 10.0 Å². The van der Waals surface area contributed by atoms with Crippen LogP contribution in [0.15, 0.2) is 121 Å². The second-order valence-corrected chi connectivity index (χ2v) is 13.0. The molecule has 0 atom stereocenters. The largest absolute Gasteiger partial charge is 0.497 e. The van der Waals surface area contributed by atoms with Gasteiger partial charge >= 0.3 is 0 Å². The molecule has 5 aromatic rings. The molecule has 0 aliphatic carbocycles. The molecule has 0 N–H and O–H groups in total. The van der Waals surface area contributed by atoms with Crippen LogP contribution < -0.4 is 14.2 Å². The number of methoxy groups -OCH3 is 2. The SMILES string of the molecule is COc1ccc(CN(Cc2ccc(OC)cc2)S(=O)(=O)/C=C/c2ccc(OCc3cccc(-c4c(C)cccc4C)c3)cc2)cc1. The van der Waals surface area contributed by atoms with Crippen molar-refractivity contribution in [2.75, 3.05) is 14.2 Å². The average molecular weight is 634 g/mol. The smallest absolute Gasteiger partial charge is 0.236 e. The van der Waals surface area contributed by atoms with E-state index in [1.165, 1.54) is 32.0 Å². The van der Waals surface area contributed by atoms with Crippen LogP contribution in [0.5, 0.6) is 17.2 Å².